The number of carbonyl (C=O) groups excluding carboxylic acids is 1. The third kappa shape index (κ3) is 3.75. The third-order valence-corrected chi connectivity index (χ3v) is 4.94. The van der Waals surface area contributed by atoms with E-state index in [0.29, 0.717) is 11.4 Å². The summed E-state index contributed by atoms with van der Waals surface area (Å²) in [5.41, 5.74) is 2.84. The maximum Gasteiger partial charge on any atom is 0.253 e. The van der Waals surface area contributed by atoms with Crippen LogP contribution >= 0.6 is 11.3 Å². The Bertz CT molecular complexity index is 1150. The molecule has 3 heterocycles. The Labute approximate surface area is 158 Å². The summed E-state index contributed by atoms with van der Waals surface area (Å²) < 4.78 is 1.27. The Morgan fingerprint density at radius 2 is 2.00 bits per heavy atom. The molecule has 0 atom stereocenters. The lowest BCUT2D eigenvalue weighted by Gasteiger charge is -2.07. The molecule has 8 heteroatoms. The number of anilines is 1. The number of carbonyl (C=O) groups is 1. The van der Waals surface area contributed by atoms with Gasteiger partial charge in [0, 0.05) is 29.2 Å². The van der Waals surface area contributed by atoms with Crippen LogP contribution in [0.4, 0.5) is 5.69 Å². The van der Waals surface area contributed by atoms with Crippen molar-refractivity contribution in [3.05, 3.63) is 71.0 Å². The molecule has 4 rings (SSSR count). The first kappa shape index (κ1) is 17.0. The highest BCUT2D eigenvalue weighted by Crippen LogP contribution is 2.29. The number of nitrogens with zero attached hydrogens (tertiary/aromatic N) is 4. The standard InChI is InChI=1S/C19H15N5O2S/c1-12-9-17(26)24(11-21-12)10-16(25)22-14-6-4-13(5-7-14)18-23-15-3-2-8-20-19(15)27-18/h2-9,11H,10H2,1H3,(H,22,25). The molecule has 1 N–H and O–H groups in total. The van der Waals surface area contributed by atoms with Gasteiger partial charge in [0.15, 0.2) is 0 Å². The summed E-state index contributed by atoms with van der Waals surface area (Å²) in [6, 6.07) is 12.6. The van der Waals surface area contributed by atoms with Crippen LogP contribution in [0.1, 0.15) is 5.69 Å². The van der Waals surface area contributed by atoms with E-state index in [1.807, 2.05) is 36.4 Å². The van der Waals surface area contributed by atoms with E-state index in [1.165, 1.54) is 28.3 Å². The van der Waals surface area contributed by atoms with E-state index in [1.54, 1.807) is 13.1 Å². The van der Waals surface area contributed by atoms with E-state index in [2.05, 4.69) is 20.3 Å². The van der Waals surface area contributed by atoms with Gasteiger partial charge < -0.3 is 5.32 Å². The van der Waals surface area contributed by atoms with E-state index in [9.17, 15) is 9.59 Å². The number of thiazole rings is 1. The maximum atomic E-state index is 12.2. The van der Waals surface area contributed by atoms with Gasteiger partial charge in [-0.1, -0.05) is 11.3 Å². The first-order valence-corrected chi connectivity index (χ1v) is 9.05. The molecule has 0 spiro atoms. The van der Waals surface area contributed by atoms with Crippen molar-refractivity contribution in [3.8, 4) is 10.6 Å². The Balaban J connectivity index is 1.47. The lowest BCUT2D eigenvalue weighted by atomic mass is 10.2. The van der Waals surface area contributed by atoms with Crippen molar-refractivity contribution in [2.45, 2.75) is 13.5 Å². The molecule has 1 amide bonds. The van der Waals surface area contributed by atoms with Gasteiger partial charge in [-0.25, -0.2) is 15.0 Å². The van der Waals surface area contributed by atoms with E-state index < -0.39 is 0 Å². The minimum atomic E-state index is -0.292. The molecule has 3 aromatic heterocycles. The minimum absolute atomic E-state index is 0.0859. The topological polar surface area (TPSA) is 89.8 Å². The highest BCUT2D eigenvalue weighted by molar-refractivity contribution is 7.21. The van der Waals surface area contributed by atoms with Crippen molar-refractivity contribution < 1.29 is 4.79 Å². The van der Waals surface area contributed by atoms with Crippen LogP contribution in [0.3, 0.4) is 0 Å². The molecule has 0 saturated carbocycles. The number of hydrogen-bond acceptors (Lipinski definition) is 6. The molecular formula is C19H15N5O2S. The summed E-state index contributed by atoms with van der Waals surface area (Å²) in [6.07, 6.45) is 3.12. The minimum Gasteiger partial charge on any atom is -0.325 e. The van der Waals surface area contributed by atoms with Crippen LogP contribution in [0.5, 0.6) is 0 Å². The van der Waals surface area contributed by atoms with Gasteiger partial charge >= 0.3 is 0 Å². The van der Waals surface area contributed by atoms with Gasteiger partial charge in [0.2, 0.25) is 5.91 Å². The zero-order valence-electron chi connectivity index (χ0n) is 14.4. The number of amides is 1. The Morgan fingerprint density at radius 3 is 2.74 bits per heavy atom. The van der Waals surface area contributed by atoms with Crippen molar-refractivity contribution in [1.82, 2.24) is 19.5 Å². The molecule has 0 fully saturated rings. The number of aryl methyl sites for hydroxylation is 1. The predicted molar refractivity (Wildman–Crippen MR) is 105 cm³/mol. The molecule has 0 aliphatic rings. The smallest absolute Gasteiger partial charge is 0.253 e. The Kier molecular flexibility index (Phi) is 4.47. The fourth-order valence-corrected chi connectivity index (χ4v) is 3.49. The second-order valence-corrected chi connectivity index (χ2v) is 6.95. The lowest BCUT2D eigenvalue weighted by Crippen LogP contribution is -2.27. The summed E-state index contributed by atoms with van der Waals surface area (Å²) in [5.74, 6) is -0.292. The summed E-state index contributed by atoms with van der Waals surface area (Å²) in [6.45, 7) is 1.65. The van der Waals surface area contributed by atoms with Crippen molar-refractivity contribution in [2.24, 2.45) is 0 Å². The van der Waals surface area contributed by atoms with E-state index in [0.717, 1.165) is 20.9 Å². The molecule has 0 radical (unpaired) electrons. The van der Waals surface area contributed by atoms with E-state index in [-0.39, 0.29) is 18.0 Å². The van der Waals surface area contributed by atoms with Crippen molar-refractivity contribution in [2.75, 3.05) is 5.32 Å². The number of nitrogens with one attached hydrogen (secondary N) is 1. The zero-order valence-corrected chi connectivity index (χ0v) is 15.2. The molecule has 134 valence electrons. The molecule has 7 nitrogen and oxygen atoms in total. The van der Waals surface area contributed by atoms with Gasteiger partial charge in [-0.05, 0) is 43.3 Å². The second-order valence-electron chi connectivity index (χ2n) is 5.97. The van der Waals surface area contributed by atoms with Gasteiger partial charge in [0.1, 0.15) is 21.9 Å². The van der Waals surface area contributed by atoms with E-state index in [4.69, 9.17) is 0 Å². The molecule has 0 aliphatic heterocycles. The second kappa shape index (κ2) is 7.08. The number of fused-ring (bicyclic) bond motifs is 1. The quantitative estimate of drug-likeness (QED) is 0.591. The van der Waals surface area contributed by atoms with Crippen LogP contribution in [-0.2, 0) is 11.3 Å². The van der Waals surface area contributed by atoms with Crippen LogP contribution in [-0.4, -0.2) is 25.4 Å². The number of aromatic nitrogens is 4. The number of benzene rings is 1. The normalized spacial score (nSPS) is 10.9. The summed E-state index contributed by atoms with van der Waals surface area (Å²) in [5, 5.41) is 3.66. The van der Waals surface area contributed by atoms with Gasteiger partial charge in [-0.15, -0.1) is 0 Å². The average molecular weight is 377 g/mol. The highest BCUT2D eigenvalue weighted by atomic mass is 32.1. The Morgan fingerprint density at radius 1 is 1.19 bits per heavy atom. The summed E-state index contributed by atoms with van der Waals surface area (Å²) in [4.78, 5) is 37.8. The molecule has 1 aromatic carbocycles. The number of pyridine rings is 1. The summed E-state index contributed by atoms with van der Waals surface area (Å²) in [7, 11) is 0. The monoisotopic (exact) mass is 377 g/mol. The molecule has 0 aliphatic carbocycles. The fourth-order valence-electron chi connectivity index (χ4n) is 2.58. The molecule has 0 unspecified atom stereocenters. The third-order valence-electron chi connectivity index (χ3n) is 3.91. The van der Waals surface area contributed by atoms with Gasteiger partial charge in [-0.3, -0.25) is 14.2 Å². The van der Waals surface area contributed by atoms with E-state index >= 15 is 0 Å². The number of hydrogen-bond donors (Lipinski definition) is 1. The van der Waals surface area contributed by atoms with Gasteiger partial charge in [-0.2, -0.15) is 0 Å². The average Bonchev–Trinajstić information content (AvgIpc) is 3.09. The zero-order chi connectivity index (χ0) is 18.8. The lowest BCUT2D eigenvalue weighted by molar-refractivity contribution is -0.116. The van der Waals surface area contributed by atoms with Crippen molar-refractivity contribution in [3.63, 3.8) is 0 Å². The maximum absolute atomic E-state index is 12.2. The molecule has 4 aromatic rings. The van der Waals surface area contributed by atoms with Crippen LogP contribution in [0.15, 0.2) is 59.8 Å². The van der Waals surface area contributed by atoms with Crippen LogP contribution in [0.25, 0.3) is 20.9 Å². The largest absolute Gasteiger partial charge is 0.325 e. The predicted octanol–water partition coefficient (Wildman–Crippen LogP) is 2.86. The first-order chi connectivity index (χ1) is 13.1. The van der Waals surface area contributed by atoms with Crippen LogP contribution < -0.4 is 10.9 Å². The molecule has 0 bridgehead atoms. The van der Waals surface area contributed by atoms with Gasteiger partial charge in [0.05, 0.1) is 6.33 Å². The van der Waals surface area contributed by atoms with Crippen LogP contribution in [0.2, 0.25) is 0 Å². The van der Waals surface area contributed by atoms with Crippen LogP contribution in [0, 0.1) is 6.92 Å². The Hall–Kier alpha value is -3.39. The molecule has 27 heavy (non-hydrogen) atoms. The fraction of sp³-hybridized carbons (Fsp3) is 0.105. The molecule has 0 saturated heterocycles. The molecular weight excluding hydrogens is 362 g/mol. The SMILES string of the molecule is Cc1cc(=O)n(CC(=O)Nc2ccc(-c3nc4cccnc4s3)cc2)cn1. The first-order valence-electron chi connectivity index (χ1n) is 8.23. The highest BCUT2D eigenvalue weighted by Gasteiger charge is 2.09. The van der Waals surface area contributed by atoms with Gasteiger partial charge in [0.25, 0.3) is 5.56 Å². The van der Waals surface area contributed by atoms with Crippen molar-refractivity contribution >= 4 is 33.3 Å². The summed E-state index contributed by atoms with van der Waals surface area (Å²) >= 11 is 1.52. The van der Waals surface area contributed by atoms with Crippen molar-refractivity contribution in [1.29, 1.82) is 0 Å². The number of rotatable bonds is 4.